The highest BCUT2D eigenvalue weighted by molar-refractivity contribution is 7.80. The van der Waals surface area contributed by atoms with E-state index in [1.165, 1.54) is 19.4 Å². The maximum absolute atomic E-state index is 5.37. The maximum atomic E-state index is 5.37. The molecule has 0 atom stereocenters. The second kappa shape index (κ2) is 7.07. The van der Waals surface area contributed by atoms with Gasteiger partial charge in [0.1, 0.15) is 0 Å². The summed E-state index contributed by atoms with van der Waals surface area (Å²) in [6, 6.07) is 0. The van der Waals surface area contributed by atoms with E-state index in [2.05, 4.69) is 36.1 Å². The van der Waals surface area contributed by atoms with E-state index in [1.54, 1.807) is 0 Å². The molecular weight excluding hydrogens is 218 g/mol. The van der Waals surface area contributed by atoms with Crippen LogP contribution in [0.5, 0.6) is 0 Å². The summed E-state index contributed by atoms with van der Waals surface area (Å²) in [6.07, 6.45) is 3.68. The van der Waals surface area contributed by atoms with E-state index in [4.69, 9.17) is 12.2 Å². The van der Waals surface area contributed by atoms with Crippen LogP contribution < -0.4 is 5.32 Å². The van der Waals surface area contributed by atoms with Crippen molar-refractivity contribution in [2.24, 2.45) is 5.92 Å². The summed E-state index contributed by atoms with van der Waals surface area (Å²) in [5, 5.41) is 4.25. The van der Waals surface area contributed by atoms with Crippen molar-refractivity contribution in [3.8, 4) is 0 Å². The Labute approximate surface area is 105 Å². The lowest BCUT2D eigenvalue weighted by atomic mass is 9.97. The van der Waals surface area contributed by atoms with Gasteiger partial charge in [0.05, 0.1) is 0 Å². The second-order valence-electron chi connectivity index (χ2n) is 4.92. The second-order valence-corrected chi connectivity index (χ2v) is 5.31. The van der Waals surface area contributed by atoms with Crippen LogP contribution in [0.4, 0.5) is 0 Å². The van der Waals surface area contributed by atoms with Crippen molar-refractivity contribution in [2.75, 3.05) is 40.3 Å². The van der Waals surface area contributed by atoms with Gasteiger partial charge in [-0.3, -0.25) is 0 Å². The highest BCUT2D eigenvalue weighted by Gasteiger charge is 2.20. The van der Waals surface area contributed by atoms with E-state index in [1.807, 2.05) is 0 Å². The van der Waals surface area contributed by atoms with Crippen LogP contribution >= 0.6 is 12.2 Å². The molecule has 1 fully saturated rings. The summed E-state index contributed by atoms with van der Waals surface area (Å²) in [7, 11) is 4.31. The van der Waals surface area contributed by atoms with E-state index in [-0.39, 0.29) is 0 Å². The third-order valence-corrected chi connectivity index (χ3v) is 3.45. The minimum atomic E-state index is 0.847. The predicted molar refractivity (Wildman–Crippen MR) is 73.7 cm³/mol. The van der Waals surface area contributed by atoms with Crippen molar-refractivity contribution >= 4 is 17.3 Å². The number of hydrogen-bond acceptors (Lipinski definition) is 2. The molecule has 1 N–H and O–H groups in total. The minimum absolute atomic E-state index is 0.847. The molecule has 0 amide bonds. The summed E-state index contributed by atoms with van der Waals surface area (Å²) in [5.74, 6) is 0.847. The Morgan fingerprint density at radius 2 is 2.00 bits per heavy atom. The van der Waals surface area contributed by atoms with E-state index in [0.29, 0.717) is 0 Å². The maximum Gasteiger partial charge on any atom is 0.168 e. The first kappa shape index (κ1) is 13.7. The van der Waals surface area contributed by atoms with Crippen LogP contribution in [0, 0.1) is 5.92 Å². The molecule has 0 unspecified atom stereocenters. The molecule has 1 aliphatic rings. The molecule has 1 aliphatic heterocycles. The molecule has 0 radical (unpaired) electrons. The van der Waals surface area contributed by atoms with Crippen molar-refractivity contribution in [3.05, 3.63) is 0 Å². The van der Waals surface area contributed by atoms with Crippen molar-refractivity contribution < 1.29 is 0 Å². The van der Waals surface area contributed by atoms with E-state index in [0.717, 1.165) is 37.1 Å². The molecule has 1 heterocycles. The SMILES string of the molecule is CCCNC(=S)N1CCC(CN(C)C)CC1. The standard InChI is InChI=1S/C12H25N3S/c1-4-7-13-12(16)15-8-5-11(6-9-15)10-14(2)3/h11H,4-10H2,1-3H3,(H,13,16). The number of nitrogens with zero attached hydrogens (tertiary/aromatic N) is 2. The van der Waals surface area contributed by atoms with Gasteiger partial charge in [-0.05, 0) is 51.5 Å². The molecule has 0 saturated carbocycles. The Morgan fingerprint density at radius 1 is 1.38 bits per heavy atom. The van der Waals surface area contributed by atoms with Crippen LogP contribution in [0.15, 0.2) is 0 Å². The smallest absolute Gasteiger partial charge is 0.168 e. The number of thiocarbonyl (C=S) groups is 1. The molecule has 0 aliphatic carbocycles. The average Bonchev–Trinajstić information content (AvgIpc) is 2.26. The van der Waals surface area contributed by atoms with Crippen LogP contribution in [0.3, 0.4) is 0 Å². The van der Waals surface area contributed by atoms with Crippen LogP contribution in [0.2, 0.25) is 0 Å². The zero-order chi connectivity index (χ0) is 12.0. The van der Waals surface area contributed by atoms with Gasteiger partial charge in [-0.1, -0.05) is 6.92 Å². The zero-order valence-electron chi connectivity index (χ0n) is 10.8. The molecule has 0 aromatic rings. The van der Waals surface area contributed by atoms with E-state index in [9.17, 15) is 0 Å². The van der Waals surface area contributed by atoms with Crippen LogP contribution in [-0.4, -0.2) is 55.2 Å². The minimum Gasteiger partial charge on any atom is -0.363 e. The quantitative estimate of drug-likeness (QED) is 0.755. The monoisotopic (exact) mass is 243 g/mol. The first-order valence-corrected chi connectivity index (χ1v) is 6.71. The van der Waals surface area contributed by atoms with Crippen LogP contribution in [0.1, 0.15) is 26.2 Å². The van der Waals surface area contributed by atoms with Gasteiger partial charge in [0, 0.05) is 26.2 Å². The number of rotatable bonds is 4. The average molecular weight is 243 g/mol. The third kappa shape index (κ3) is 4.66. The lowest BCUT2D eigenvalue weighted by Crippen LogP contribution is -2.45. The van der Waals surface area contributed by atoms with E-state index < -0.39 is 0 Å². The molecule has 1 saturated heterocycles. The molecule has 0 bridgehead atoms. The Bertz CT molecular complexity index is 210. The summed E-state index contributed by atoms with van der Waals surface area (Å²) < 4.78 is 0. The summed E-state index contributed by atoms with van der Waals surface area (Å²) in [6.45, 7) is 6.61. The largest absolute Gasteiger partial charge is 0.363 e. The van der Waals surface area contributed by atoms with Crippen molar-refractivity contribution in [1.29, 1.82) is 0 Å². The lowest BCUT2D eigenvalue weighted by molar-refractivity contribution is 0.218. The Hall–Kier alpha value is -0.350. The number of nitrogens with one attached hydrogen (secondary N) is 1. The van der Waals surface area contributed by atoms with Crippen molar-refractivity contribution in [1.82, 2.24) is 15.1 Å². The fraction of sp³-hybridized carbons (Fsp3) is 0.917. The van der Waals surface area contributed by atoms with Gasteiger partial charge in [-0.25, -0.2) is 0 Å². The van der Waals surface area contributed by atoms with Crippen molar-refractivity contribution in [3.63, 3.8) is 0 Å². The van der Waals surface area contributed by atoms with Gasteiger partial charge in [0.25, 0.3) is 0 Å². The Balaban J connectivity index is 2.23. The summed E-state index contributed by atoms with van der Waals surface area (Å²) >= 11 is 5.37. The molecule has 0 aromatic carbocycles. The Morgan fingerprint density at radius 3 is 2.50 bits per heavy atom. The normalized spacial score (nSPS) is 17.9. The zero-order valence-corrected chi connectivity index (χ0v) is 11.6. The molecule has 94 valence electrons. The number of piperidine rings is 1. The predicted octanol–water partition coefficient (Wildman–Crippen LogP) is 1.54. The van der Waals surface area contributed by atoms with Gasteiger partial charge < -0.3 is 15.1 Å². The van der Waals surface area contributed by atoms with E-state index >= 15 is 0 Å². The molecule has 16 heavy (non-hydrogen) atoms. The molecule has 0 spiro atoms. The lowest BCUT2D eigenvalue weighted by Gasteiger charge is -2.34. The van der Waals surface area contributed by atoms with Crippen molar-refractivity contribution in [2.45, 2.75) is 26.2 Å². The van der Waals surface area contributed by atoms with Crippen LogP contribution in [-0.2, 0) is 0 Å². The molecule has 1 rings (SSSR count). The molecule has 0 aromatic heterocycles. The summed E-state index contributed by atoms with van der Waals surface area (Å²) in [4.78, 5) is 4.60. The van der Waals surface area contributed by atoms with Gasteiger partial charge in [0.15, 0.2) is 5.11 Å². The summed E-state index contributed by atoms with van der Waals surface area (Å²) in [5.41, 5.74) is 0. The fourth-order valence-electron chi connectivity index (χ4n) is 2.18. The van der Waals surface area contributed by atoms with Gasteiger partial charge in [-0.2, -0.15) is 0 Å². The van der Waals surface area contributed by atoms with Gasteiger partial charge >= 0.3 is 0 Å². The topological polar surface area (TPSA) is 18.5 Å². The fourth-order valence-corrected chi connectivity index (χ4v) is 2.46. The molecular formula is C12H25N3S. The third-order valence-electron chi connectivity index (χ3n) is 3.05. The first-order chi connectivity index (χ1) is 7.63. The van der Waals surface area contributed by atoms with Crippen LogP contribution in [0.25, 0.3) is 0 Å². The molecule has 3 nitrogen and oxygen atoms in total. The highest BCUT2D eigenvalue weighted by atomic mass is 32.1. The Kier molecular flexibility index (Phi) is 6.06. The number of likely N-dealkylation sites (tertiary alicyclic amines) is 1. The molecule has 4 heteroatoms. The van der Waals surface area contributed by atoms with Gasteiger partial charge in [0.2, 0.25) is 0 Å². The highest BCUT2D eigenvalue weighted by Crippen LogP contribution is 2.17. The first-order valence-electron chi connectivity index (χ1n) is 6.31. The number of hydrogen-bond donors (Lipinski definition) is 1. The van der Waals surface area contributed by atoms with Gasteiger partial charge in [-0.15, -0.1) is 0 Å².